The highest BCUT2D eigenvalue weighted by Gasteiger charge is 2.24. The van der Waals surface area contributed by atoms with Crippen LogP contribution in [-0.4, -0.2) is 44.2 Å². The maximum absolute atomic E-state index is 5.26. The van der Waals surface area contributed by atoms with Crippen molar-refractivity contribution in [3.05, 3.63) is 34.3 Å². The van der Waals surface area contributed by atoms with E-state index in [1.165, 1.54) is 12.0 Å². The maximum atomic E-state index is 5.26. The van der Waals surface area contributed by atoms with Gasteiger partial charge in [-0.3, -0.25) is 0 Å². The second-order valence-corrected chi connectivity index (χ2v) is 6.27. The Kier molecular flexibility index (Phi) is 9.35. The number of rotatable bonds is 5. The number of benzene rings is 1. The summed E-state index contributed by atoms with van der Waals surface area (Å²) >= 11 is 3.46. The van der Waals surface area contributed by atoms with E-state index in [1.807, 2.05) is 0 Å². The van der Waals surface area contributed by atoms with Gasteiger partial charge in [-0.15, -0.1) is 24.0 Å². The van der Waals surface area contributed by atoms with Gasteiger partial charge in [-0.1, -0.05) is 28.1 Å². The summed E-state index contributed by atoms with van der Waals surface area (Å²) in [7, 11) is 1.77. The van der Waals surface area contributed by atoms with Gasteiger partial charge in [0.1, 0.15) is 0 Å². The van der Waals surface area contributed by atoms with Crippen molar-refractivity contribution in [2.24, 2.45) is 10.9 Å². The zero-order valence-electron chi connectivity index (χ0n) is 13.2. The molecule has 124 valence electrons. The van der Waals surface area contributed by atoms with E-state index in [4.69, 9.17) is 9.73 Å². The summed E-state index contributed by atoms with van der Waals surface area (Å²) < 4.78 is 6.36. The lowest BCUT2D eigenvalue weighted by atomic mass is 10.1. The van der Waals surface area contributed by atoms with E-state index >= 15 is 0 Å². The Balaban J connectivity index is 0.00000242. The number of guanidine groups is 1. The number of likely N-dealkylation sites (tertiary alicyclic amines) is 1. The first-order valence-electron chi connectivity index (χ1n) is 7.49. The van der Waals surface area contributed by atoms with Gasteiger partial charge in [0, 0.05) is 37.1 Å². The molecule has 0 aromatic heterocycles. The molecule has 6 heteroatoms. The van der Waals surface area contributed by atoms with Gasteiger partial charge < -0.3 is 15.0 Å². The maximum Gasteiger partial charge on any atom is 0.194 e. The molecule has 22 heavy (non-hydrogen) atoms. The summed E-state index contributed by atoms with van der Waals surface area (Å²) in [4.78, 5) is 7.10. The van der Waals surface area contributed by atoms with Crippen molar-refractivity contribution in [2.45, 2.75) is 19.9 Å². The first-order valence-corrected chi connectivity index (χ1v) is 8.29. The lowest BCUT2D eigenvalue weighted by molar-refractivity contribution is 0.157. The fraction of sp³-hybridized carbons (Fsp3) is 0.562. The normalized spacial score (nSPS) is 18.2. The predicted molar refractivity (Wildman–Crippen MR) is 106 cm³/mol. The number of nitrogens with zero attached hydrogens (tertiary/aromatic N) is 2. The summed E-state index contributed by atoms with van der Waals surface area (Å²) in [5.74, 6) is 1.63. The van der Waals surface area contributed by atoms with Crippen LogP contribution in [-0.2, 0) is 11.3 Å². The molecule has 1 aliphatic heterocycles. The number of nitrogens with one attached hydrogen (secondary N) is 1. The minimum Gasteiger partial charge on any atom is -0.384 e. The molecule has 0 bridgehead atoms. The average Bonchev–Trinajstić information content (AvgIpc) is 2.94. The summed E-state index contributed by atoms with van der Waals surface area (Å²) in [6, 6.07) is 8.33. The van der Waals surface area contributed by atoms with Crippen LogP contribution in [0.3, 0.4) is 0 Å². The van der Waals surface area contributed by atoms with Gasteiger partial charge in [0.05, 0.1) is 13.2 Å². The Labute approximate surface area is 158 Å². The van der Waals surface area contributed by atoms with E-state index in [9.17, 15) is 0 Å². The van der Waals surface area contributed by atoms with Gasteiger partial charge in [-0.2, -0.15) is 0 Å². The number of halogens is 2. The smallest absolute Gasteiger partial charge is 0.194 e. The molecule has 4 nitrogen and oxygen atoms in total. The monoisotopic (exact) mass is 481 g/mol. The molecule has 2 rings (SSSR count). The number of aliphatic imine (C=N–C) groups is 1. The minimum absolute atomic E-state index is 0. The number of methoxy groups -OCH3 is 1. The zero-order valence-corrected chi connectivity index (χ0v) is 17.1. The molecule has 1 saturated heterocycles. The van der Waals surface area contributed by atoms with Gasteiger partial charge in [-0.05, 0) is 31.0 Å². The van der Waals surface area contributed by atoms with Crippen LogP contribution < -0.4 is 5.32 Å². The molecule has 1 aliphatic rings. The molecule has 0 radical (unpaired) electrons. The van der Waals surface area contributed by atoms with Crippen molar-refractivity contribution < 1.29 is 4.74 Å². The summed E-state index contributed by atoms with van der Waals surface area (Å²) in [5.41, 5.74) is 1.22. The summed E-state index contributed by atoms with van der Waals surface area (Å²) in [5, 5.41) is 3.39. The summed E-state index contributed by atoms with van der Waals surface area (Å²) in [6.07, 6.45) is 1.18. The van der Waals surface area contributed by atoms with Crippen molar-refractivity contribution in [1.82, 2.24) is 10.2 Å². The number of hydrogen-bond donors (Lipinski definition) is 1. The Morgan fingerprint density at radius 3 is 2.77 bits per heavy atom. The van der Waals surface area contributed by atoms with Crippen molar-refractivity contribution in [1.29, 1.82) is 0 Å². The average molecular weight is 482 g/mol. The summed E-state index contributed by atoms with van der Waals surface area (Å²) in [6.45, 7) is 6.63. The molecule has 0 spiro atoms. The Morgan fingerprint density at radius 1 is 1.41 bits per heavy atom. The Bertz CT molecular complexity index is 467. The largest absolute Gasteiger partial charge is 0.384 e. The third-order valence-corrected chi connectivity index (χ3v) is 4.18. The highest BCUT2D eigenvalue weighted by atomic mass is 127. The van der Waals surface area contributed by atoms with Crippen LogP contribution >= 0.6 is 39.9 Å². The molecular weight excluding hydrogens is 457 g/mol. The van der Waals surface area contributed by atoms with E-state index in [1.54, 1.807) is 7.11 Å². The molecule has 1 N–H and O–H groups in total. The van der Waals surface area contributed by atoms with E-state index in [-0.39, 0.29) is 24.0 Å². The van der Waals surface area contributed by atoms with Crippen LogP contribution in [0.5, 0.6) is 0 Å². The number of hydrogen-bond acceptors (Lipinski definition) is 2. The fourth-order valence-electron chi connectivity index (χ4n) is 2.58. The van der Waals surface area contributed by atoms with Gasteiger partial charge in [-0.25, -0.2) is 4.99 Å². The lowest BCUT2D eigenvalue weighted by Gasteiger charge is -2.21. The molecule has 1 aromatic rings. The van der Waals surface area contributed by atoms with Crippen molar-refractivity contribution in [2.75, 3.05) is 33.4 Å². The van der Waals surface area contributed by atoms with Crippen LogP contribution in [0.15, 0.2) is 33.7 Å². The molecule has 1 atom stereocenters. The van der Waals surface area contributed by atoms with Crippen LogP contribution in [0, 0.1) is 5.92 Å². The van der Waals surface area contributed by atoms with Gasteiger partial charge in [0.25, 0.3) is 0 Å². The van der Waals surface area contributed by atoms with Crippen LogP contribution in [0.4, 0.5) is 0 Å². The topological polar surface area (TPSA) is 36.9 Å². The SMILES string of the molecule is CCNC(=NCc1ccc(Br)cc1)N1CCC(COC)C1.I. The van der Waals surface area contributed by atoms with E-state index in [0.29, 0.717) is 12.5 Å². The second-order valence-electron chi connectivity index (χ2n) is 5.35. The van der Waals surface area contributed by atoms with Gasteiger partial charge >= 0.3 is 0 Å². The molecule has 1 unspecified atom stereocenters. The van der Waals surface area contributed by atoms with Crippen molar-refractivity contribution >= 4 is 45.9 Å². The van der Waals surface area contributed by atoms with Crippen molar-refractivity contribution in [3.8, 4) is 0 Å². The van der Waals surface area contributed by atoms with E-state index in [0.717, 1.165) is 36.7 Å². The third kappa shape index (κ3) is 6.04. The standard InChI is InChI=1S/C16H24BrN3O.HI/c1-3-18-16(20-9-8-14(11-20)12-21-2)19-10-13-4-6-15(17)7-5-13;/h4-7,14H,3,8-12H2,1-2H3,(H,18,19);1H. The highest BCUT2D eigenvalue weighted by molar-refractivity contribution is 14.0. The lowest BCUT2D eigenvalue weighted by Crippen LogP contribution is -2.40. The Morgan fingerprint density at radius 2 is 2.14 bits per heavy atom. The van der Waals surface area contributed by atoms with Crippen molar-refractivity contribution in [3.63, 3.8) is 0 Å². The fourth-order valence-corrected chi connectivity index (χ4v) is 2.84. The molecule has 1 heterocycles. The van der Waals surface area contributed by atoms with E-state index in [2.05, 4.69) is 57.3 Å². The van der Waals surface area contributed by atoms with Gasteiger partial charge in [0.2, 0.25) is 0 Å². The molecule has 0 aliphatic carbocycles. The molecular formula is C16H25BrIN3O. The highest BCUT2D eigenvalue weighted by Crippen LogP contribution is 2.17. The van der Waals surface area contributed by atoms with Crippen LogP contribution in [0.2, 0.25) is 0 Å². The minimum atomic E-state index is 0. The van der Waals surface area contributed by atoms with E-state index < -0.39 is 0 Å². The zero-order chi connectivity index (χ0) is 15.1. The molecule has 0 amide bonds. The second kappa shape index (κ2) is 10.4. The molecule has 0 saturated carbocycles. The molecule has 1 aromatic carbocycles. The van der Waals surface area contributed by atoms with Crippen LogP contribution in [0.25, 0.3) is 0 Å². The third-order valence-electron chi connectivity index (χ3n) is 3.65. The van der Waals surface area contributed by atoms with Crippen LogP contribution in [0.1, 0.15) is 18.9 Å². The quantitative estimate of drug-likeness (QED) is 0.397. The van der Waals surface area contributed by atoms with Gasteiger partial charge in [0.15, 0.2) is 5.96 Å². The molecule has 1 fully saturated rings. The first kappa shape index (κ1) is 19.7. The predicted octanol–water partition coefficient (Wildman–Crippen LogP) is 3.50. The Hall–Kier alpha value is -0.340. The first-order chi connectivity index (χ1) is 10.2. The number of ether oxygens (including phenoxy) is 1.